The molecule has 3 heteroatoms. The van der Waals surface area contributed by atoms with Crippen molar-refractivity contribution in [2.75, 3.05) is 11.4 Å². The number of rotatable bonds is 6. The summed E-state index contributed by atoms with van der Waals surface area (Å²) in [4.78, 5) is 13.4. The minimum atomic E-state index is 0.0520. The average Bonchev–Trinajstić information content (AvgIpc) is 2.39. The van der Waals surface area contributed by atoms with Crippen LogP contribution in [0.1, 0.15) is 45.1 Å². The Morgan fingerprint density at radius 1 is 1.22 bits per heavy atom. The van der Waals surface area contributed by atoms with E-state index in [2.05, 4.69) is 13.0 Å². The number of hydrogen-bond acceptors (Lipinski definition) is 2. The maximum absolute atomic E-state index is 11.6. The van der Waals surface area contributed by atoms with Crippen molar-refractivity contribution >= 4 is 11.6 Å². The van der Waals surface area contributed by atoms with Gasteiger partial charge in [0.2, 0.25) is 5.91 Å². The molecule has 0 saturated carbocycles. The van der Waals surface area contributed by atoms with Crippen molar-refractivity contribution < 1.29 is 4.79 Å². The molecule has 0 aliphatic carbocycles. The number of unbranched alkanes of at least 4 members (excludes halogenated alkanes) is 3. The van der Waals surface area contributed by atoms with Crippen LogP contribution in [0.3, 0.4) is 0 Å². The molecule has 96 valence electrons. The number of carbonyl (C=O) groups is 1. The van der Waals surface area contributed by atoms with Crippen molar-refractivity contribution in [1.29, 1.82) is 5.26 Å². The highest BCUT2D eigenvalue weighted by Gasteiger charge is 2.10. The lowest BCUT2D eigenvalue weighted by Crippen LogP contribution is -2.29. The summed E-state index contributed by atoms with van der Waals surface area (Å²) in [6.07, 6.45) is 4.57. The molecule has 0 N–H and O–H groups in total. The molecule has 1 aromatic carbocycles. The van der Waals surface area contributed by atoms with Gasteiger partial charge in [0.05, 0.1) is 11.6 Å². The Morgan fingerprint density at radius 2 is 1.89 bits per heavy atom. The molecule has 0 radical (unpaired) electrons. The molecule has 0 aliphatic rings. The third kappa shape index (κ3) is 4.21. The van der Waals surface area contributed by atoms with Crippen LogP contribution in [-0.2, 0) is 4.79 Å². The highest BCUT2D eigenvalue weighted by atomic mass is 16.2. The van der Waals surface area contributed by atoms with E-state index in [1.54, 1.807) is 24.0 Å². The summed E-state index contributed by atoms with van der Waals surface area (Å²) in [7, 11) is 0. The summed E-state index contributed by atoms with van der Waals surface area (Å²) in [6.45, 7) is 4.50. The first-order valence-electron chi connectivity index (χ1n) is 6.47. The third-order valence-corrected chi connectivity index (χ3v) is 2.92. The molecule has 1 aromatic rings. The summed E-state index contributed by atoms with van der Waals surface area (Å²) < 4.78 is 0. The van der Waals surface area contributed by atoms with Gasteiger partial charge in [0.1, 0.15) is 0 Å². The normalized spacial score (nSPS) is 9.83. The van der Waals surface area contributed by atoms with Gasteiger partial charge in [-0.3, -0.25) is 4.79 Å². The van der Waals surface area contributed by atoms with Crippen molar-refractivity contribution in [2.45, 2.75) is 39.5 Å². The smallest absolute Gasteiger partial charge is 0.223 e. The van der Waals surface area contributed by atoms with E-state index in [1.807, 2.05) is 12.1 Å². The summed E-state index contributed by atoms with van der Waals surface area (Å²) in [5, 5.41) is 8.75. The van der Waals surface area contributed by atoms with Crippen LogP contribution in [0, 0.1) is 11.3 Å². The molecule has 1 amide bonds. The van der Waals surface area contributed by atoms with Gasteiger partial charge in [-0.15, -0.1) is 0 Å². The van der Waals surface area contributed by atoms with E-state index in [-0.39, 0.29) is 5.91 Å². The molecule has 0 aromatic heterocycles. The molecule has 0 unspecified atom stereocenters. The highest BCUT2D eigenvalue weighted by Crippen LogP contribution is 2.16. The molecule has 0 atom stereocenters. The Hall–Kier alpha value is -1.82. The van der Waals surface area contributed by atoms with Gasteiger partial charge in [-0.05, 0) is 30.7 Å². The number of amides is 1. The quantitative estimate of drug-likeness (QED) is 0.719. The first-order valence-corrected chi connectivity index (χ1v) is 6.47. The number of anilines is 1. The zero-order valence-electron chi connectivity index (χ0n) is 11.1. The predicted molar refractivity (Wildman–Crippen MR) is 73.3 cm³/mol. The van der Waals surface area contributed by atoms with Crippen molar-refractivity contribution in [1.82, 2.24) is 0 Å². The summed E-state index contributed by atoms with van der Waals surface area (Å²) >= 11 is 0. The minimum absolute atomic E-state index is 0.0520. The number of benzene rings is 1. The average molecular weight is 244 g/mol. The van der Waals surface area contributed by atoms with Gasteiger partial charge in [-0.1, -0.05) is 26.2 Å². The lowest BCUT2D eigenvalue weighted by Gasteiger charge is -2.21. The SMILES string of the molecule is CCCCCCN(C(C)=O)c1ccc(C#N)cc1. The maximum atomic E-state index is 11.6. The Balaban J connectivity index is 2.66. The molecule has 3 nitrogen and oxygen atoms in total. The first-order chi connectivity index (χ1) is 8.69. The van der Waals surface area contributed by atoms with Crippen LogP contribution in [0.5, 0.6) is 0 Å². The van der Waals surface area contributed by atoms with Crippen LogP contribution in [0.2, 0.25) is 0 Å². The molecule has 0 aliphatic heterocycles. The maximum Gasteiger partial charge on any atom is 0.223 e. The lowest BCUT2D eigenvalue weighted by molar-refractivity contribution is -0.116. The van der Waals surface area contributed by atoms with E-state index in [1.165, 1.54) is 12.8 Å². The molecule has 0 saturated heterocycles. The van der Waals surface area contributed by atoms with Crippen molar-refractivity contribution in [3.63, 3.8) is 0 Å². The zero-order chi connectivity index (χ0) is 13.4. The topological polar surface area (TPSA) is 44.1 Å². The standard InChI is InChI=1S/C15H20N2O/c1-3-4-5-6-11-17(13(2)18)15-9-7-14(12-16)8-10-15/h7-10H,3-6,11H2,1-2H3. The fraction of sp³-hybridized carbons (Fsp3) is 0.467. The van der Waals surface area contributed by atoms with Crippen LogP contribution in [0.25, 0.3) is 0 Å². The molecule has 0 heterocycles. The molecule has 1 rings (SSSR count). The molecular weight excluding hydrogens is 224 g/mol. The van der Waals surface area contributed by atoms with E-state index in [4.69, 9.17) is 5.26 Å². The van der Waals surface area contributed by atoms with Crippen molar-refractivity contribution in [2.24, 2.45) is 0 Å². The van der Waals surface area contributed by atoms with E-state index in [9.17, 15) is 4.79 Å². The van der Waals surface area contributed by atoms with Gasteiger partial charge in [-0.25, -0.2) is 0 Å². The number of nitrogens with zero attached hydrogens (tertiary/aromatic N) is 2. The van der Waals surface area contributed by atoms with E-state index in [0.717, 1.165) is 25.1 Å². The third-order valence-electron chi connectivity index (χ3n) is 2.92. The van der Waals surface area contributed by atoms with Crippen molar-refractivity contribution in [3.8, 4) is 6.07 Å². The number of hydrogen-bond donors (Lipinski definition) is 0. The van der Waals surface area contributed by atoms with Gasteiger partial charge in [0.15, 0.2) is 0 Å². The lowest BCUT2D eigenvalue weighted by atomic mass is 10.1. The second-order valence-corrected chi connectivity index (χ2v) is 4.39. The van der Waals surface area contributed by atoms with Crippen LogP contribution in [0.15, 0.2) is 24.3 Å². The molecule has 0 spiro atoms. The van der Waals surface area contributed by atoms with Gasteiger partial charge < -0.3 is 4.90 Å². The Bertz CT molecular complexity index is 417. The Morgan fingerprint density at radius 3 is 2.39 bits per heavy atom. The van der Waals surface area contributed by atoms with Gasteiger partial charge in [-0.2, -0.15) is 5.26 Å². The minimum Gasteiger partial charge on any atom is -0.313 e. The van der Waals surface area contributed by atoms with Crippen molar-refractivity contribution in [3.05, 3.63) is 29.8 Å². The van der Waals surface area contributed by atoms with Gasteiger partial charge in [0.25, 0.3) is 0 Å². The fourth-order valence-corrected chi connectivity index (χ4v) is 1.88. The highest BCUT2D eigenvalue weighted by molar-refractivity contribution is 5.91. The van der Waals surface area contributed by atoms with Crippen LogP contribution in [0.4, 0.5) is 5.69 Å². The fourth-order valence-electron chi connectivity index (χ4n) is 1.88. The largest absolute Gasteiger partial charge is 0.313 e. The molecule has 0 bridgehead atoms. The second kappa shape index (κ2) is 7.50. The predicted octanol–water partition coefficient (Wildman–Crippen LogP) is 3.49. The second-order valence-electron chi connectivity index (χ2n) is 4.39. The molecule has 0 fully saturated rings. The van der Waals surface area contributed by atoms with E-state index in [0.29, 0.717) is 5.56 Å². The summed E-state index contributed by atoms with van der Waals surface area (Å²) in [6, 6.07) is 9.24. The van der Waals surface area contributed by atoms with Crippen LogP contribution in [-0.4, -0.2) is 12.5 Å². The first kappa shape index (κ1) is 14.2. The molecule has 18 heavy (non-hydrogen) atoms. The van der Waals surface area contributed by atoms with E-state index < -0.39 is 0 Å². The molecular formula is C15H20N2O. The summed E-state index contributed by atoms with van der Waals surface area (Å²) in [5.41, 5.74) is 1.49. The summed E-state index contributed by atoms with van der Waals surface area (Å²) in [5.74, 6) is 0.0520. The van der Waals surface area contributed by atoms with Crippen LogP contribution < -0.4 is 4.90 Å². The number of carbonyl (C=O) groups excluding carboxylic acids is 1. The number of nitriles is 1. The Kier molecular flexibility index (Phi) is 5.93. The van der Waals surface area contributed by atoms with E-state index >= 15 is 0 Å². The van der Waals surface area contributed by atoms with Gasteiger partial charge >= 0.3 is 0 Å². The zero-order valence-corrected chi connectivity index (χ0v) is 11.1. The Labute approximate surface area is 109 Å². The van der Waals surface area contributed by atoms with Crippen LogP contribution >= 0.6 is 0 Å². The monoisotopic (exact) mass is 244 g/mol. The van der Waals surface area contributed by atoms with Gasteiger partial charge in [0, 0.05) is 19.2 Å².